The lowest BCUT2D eigenvalue weighted by atomic mass is 10.1. The summed E-state index contributed by atoms with van der Waals surface area (Å²) < 4.78 is 52.2. The van der Waals surface area contributed by atoms with E-state index in [2.05, 4.69) is 0 Å². The number of fused-ring (bicyclic) bond motifs is 1. The molecule has 0 aliphatic carbocycles. The average Bonchev–Trinajstić information content (AvgIpc) is 2.72. The molecular weight excluding hydrogens is 447 g/mol. The van der Waals surface area contributed by atoms with Gasteiger partial charge in [0.05, 0.1) is 29.1 Å². The zero-order valence-corrected chi connectivity index (χ0v) is 18.4. The second-order valence-corrected chi connectivity index (χ2v) is 7.89. The molecule has 0 radical (unpaired) electrons. The summed E-state index contributed by atoms with van der Waals surface area (Å²) in [6.45, 7) is 5.73. The van der Waals surface area contributed by atoms with Crippen LogP contribution in [0.3, 0.4) is 0 Å². The molecule has 9 heteroatoms. The van der Waals surface area contributed by atoms with Crippen LogP contribution in [0.5, 0.6) is 17.2 Å². The first kappa shape index (κ1) is 23.9. The fraction of sp³-hybridized carbons (Fsp3) is 0.348. The van der Waals surface area contributed by atoms with Gasteiger partial charge < -0.3 is 19.2 Å². The Labute approximate surface area is 188 Å². The van der Waals surface area contributed by atoms with Gasteiger partial charge in [0.25, 0.3) is 5.76 Å². The van der Waals surface area contributed by atoms with Crippen molar-refractivity contribution in [3.63, 3.8) is 0 Å². The van der Waals surface area contributed by atoms with E-state index in [0.717, 1.165) is 30.8 Å². The van der Waals surface area contributed by atoms with Gasteiger partial charge in [0.15, 0.2) is 5.58 Å². The average molecular weight is 471 g/mol. The zero-order valence-electron chi connectivity index (χ0n) is 17.7. The van der Waals surface area contributed by atoms with Gasteiger partial charge in [0, 0.05) is 0 Å². The van der Waals surface area contributed by atoms with Crippen LogP contribution in [0, 0.1) is 0 Å². The molecule has 0 atom stereocenters. The number of ether oxygens (including phenoxy) is 1. The molecule has 172 valence electrons. The van der Waals surface area contributed by atoms with Gasteiger partial charge in [-0.2, -0.15) is 13.2 Å². The molecule has 0 bridgehead atoms. The maximum atomic E-state index is 13.9. The molecule has 0 saturated heterocycles. The molecule has 5 nitrogen and oxygen atoms in total. The van der Waals surface area contributed by atoms with Gasteiger partial charge in [-0.15, -0.1) is 0 Å². The molecule has 2 N–H and O–H groups in total. The largest absolute Gasteiger partial charge is 0.507 e. The molecule has 1 aromatic heterocycles. The highest BCUT2D eigenvalue weighted by atomic mass is 35.5. The quantitative estimate of drug-likeness (QED) is 0.477. The van der Waals surface area contributed by atoms with Crippen LogP contribution in [0.4, 0.5) is 13.2 Å². The molecule has 0 saturated carbocycles. The van der Waals surface area contributed by atoms with E-state index in [-0.39, 0.29) is 39.6 Å². The van der Waals surface area contributed by atoms with Crippen molar-refractivity contribution in [2.45, 2.75) is 39.4 Å². The number of nitrogens with one attached hydrogen (secondary N) is 1. The van der Waals surface area contributed by atoms with E-state index >= 15 is 0 Å². The SMILES string of the molecule is CCC[NH+](CCC)Cc1c(O)ccc2c(=O)c(Oc3ccccc3Cl)c(C(F)(F)F)oc12. The summed E-state index contributed by atoms with van der Waals surface area (Å²) in [6.07, 6.45) is -3.30. The first-order chi connectivity index (χ1) is 15.2. The van der Waals surface area contributed by atoms with Crippen LogP contribution in [0.25, 0.3) is 11.0 Å². The molecule has 0 spiro atoms. The van der Waals surface area contributed by atoms with Crippen LogP contribution in [-0.2, 0) is 12.7 Å². The number of aromatic hydroxyl groups is 1. The standard InChI is InChI=1S/C23H23ClF3NO4/c1-3-11-28(12-4-2)13-15-17(29)10-9-14-19(30)21(22(23(25,26)27)32-20(14)15)31-18-8-6-5-7-16(18)24/h5-10,29H,3-4,11-13H2,1-2H3/p+1. The normalized spacial score (nSPS) is 12.0. The predicted octanol–water partition coefficient (Wildman–Crippen LogP) is 5.17. The third-order valence-electron chi connectivity index (χ3n) is 5.04. The minimum atomic E-state index is -5.01. The van der Waals surface area contributed by atoms with E-state index in [1.165, 1.54) is 30.3 Å². The van der Waals surface area contributed by atoms with E-state index in [1.807, 2.05) is 13.8 Å². The Bertz CT molecular complexity index is 1150. The number of phenolic OH excluding ortho intramolecular Hbond substituents is 1. The van der Waals surface area contributed by atoms with Gasteiger partial charge in [-0.1, -0.05) is 37.6 Å². The number of benzene rings is 2. The van der Waals surface area contributed by atoms with E-state index in [4.69, 9.17) is 20.8 Å². The maximum absolute atomic E-state index is 13.9. The number of hydrogen-bond donors (Lipinski definition) is 2. The van der Waals surface area contributed by atoms with Crippen LogP contribution in [0.1, 0.15) is 38.0 Å². The number of halogens is 4. The maximum Gasteiger partial charge on any atom is 0.453 e. The van der Waals surface area contributed by atoms with E-state index in [1.54, 1.807) is 6.07 Å². The fourth-order valence-electron chi connectivity index (χ4n) is 3.63. The Balaban J connectivity index is 2.23. The Morgan fingerprint density at radius 2 is 1.75 bits per heavy atom. The van der Waals surface area contributed by atoms with Crippen LogP contribution in [0.2, 0.25) is 5.02 Å². The van der Waals surface area contributed by atoms with Gasteiger partial charge in [-0.05, 0) is 37.1 Å². The summed E-state index contributed by atoms with van der Waals surface area (Å²) in [4.78, 5) is 14.2. The summed E-state index contributed by atoms with van der Waals surface area (Å²) in [7, 11) is 0. The van der Waals surface area contributed by atoms with Crippen LogP contribution in [0.15, 0.2) is 45.6 Å². The second-order valence-electron chi connectivity index (χ2n) is 7.49. The second kappa shape index (κ2) is 9.83. The Morgan fingerprint density at radius 3 is 2.34 bits per heavy atom. The monoisotopic (exact) mass is 470 g/mol. The number of alkyl halides is 3. The molecule has 2 aromatic carbocycles. The summed E-state index contributed by atoms with van der Waals surface area (Å²) in [5.74, 6) is -2.90. The highest BCUT2D eigenvalue weighted by molar-refractivity contribution is 6.32. The summed E-state index contributed by atoms with van der Waals surface area (Å²) in [5.41, 5.74) is -1.13. The lowest BCUT2D eigenvalue weighted by Crippen LogP contribution is -3.10. The van der Waals surface area contributed by atoms with Gasteiger partial charge in [0.2, 0.25) is 11.2 Å². The third kappa shape index (κ3) is 5.02. The first-order valence-electron chi connectivity index (χ1n) is 10.3. The van der Waals surface area contributed by atoms with E-state index in [0.29, 0.717) is 0 Å². The smallest absolute Gasteiger partial charge is 0.453 e. The minimum Gasteiger partial charge on any atom is -0.507 e. The van der Waals surface area contributed by atoms with E-state index in [9.17, 15) is 23.1 Å². The summed E-state index contributed by atoms with van der Waals surface area (Å²) in [5, 5.41) is 10.3. The molecule has 0 aliphatic heterocycles. The molecule has 3 rings (SSSR count). The van der Waals surface area contributed by atoms with Gasteiger partial charge >= 0.3 is 6.18 Å². The predicted molar refractivity (Wildman–Crippen MR) is 116 cm³/mol. The van der Waals surface area contributed by atoms with Crippen molar-refractivity contribution < 1.29 is 32.3 Å². The molecule has 0 aliphatic rings. The van der Waals surface area contributed by atoms with Gasteiger partial charge in [-0.25, -0.2) is 0 Å². The first-order valence-corrected chi connectivity index (χ1v) is 10.7. The van der Waals surface area contributed by atoms with Crippen LogP contribution in [-0.4, -0.2) is 18.2 Å². The minimum absolute atomic E-state index is 0.0462. The molecular formula is C23H24ClF3NO4+. The number of phenols is 1. The molecule has 0 amide bonds. The van der Waals surface area contributed by atoms with Crippen molar-refractivity contribution in [1.82, 2.24) is 0 Å². The lowest BCUT2D eigenvalue weighted by molar-refractivity contribution is -0.913. The molecule has 1 heterocycles. The van der Waals surface area contributed by atoms with Crippen LogP contribution >= 0.6 is 11.6 Å². The Morgan fingerprint density at radius 1 is 1.09 bits per heavy atom. The highest BCUT2D eigenvalue weighted by Crippen LogP contribution is 2.40. The molecule has 0 unspecified atom stereocenters. The number of rotatable bonds is 8. The van der Waals surface area contributed by atoms with Gasteiger partial charge in [0.1, 0.15) is 18.0 Å². The van der Waals surface area contributed by atoms with Gasteiger partial charge in [-0.3, -0.25) is 4.79 Å². The van der Waals surface area contributed by atoms with Crippen molar-refractivity contribution in [1.29, 1.82) is 0 Å². The van der Waals surface area contributed by atoms with Crippen molar-refractivity contribution in [3.8, 4) is 17.2 Å². The lowest BCUT2D eigenvalue weighted by Gasteiger charge is -2.20. The van der Waals surface area contributed by atoms with E-state index < -0.39 is 23.1 Å². The summed E-state index contributed by atoms with van der Waals surface area (Å²) >= 11 is 6.00. The number of quaternary nitrogens is 1. The molecule has 0 fully saturated rings. The topological polar surface area (TPSA) is 64.1 Å². The number of hydrogen-bond acceptors (Lipinski definition) is 4. The summed E-state index contributed by atoms with van der Waals surface area (Å²) in [6, 6.07) is 8.41. The van der Waals surface area contributed by atoms with Crippen molar-refractivity contribution in [3.05, 3.63) is 63.0 Å². The van der Waals surface area contributed by atoms with Crippen LogP contribution < -0.4 is 15.1 Å². The fourth-order valence-corrected chi connectivity index (χ4v) is 3.81. The van der Waals surface area contributed by atoms with Crippen molar-refractivity contribution >= 4 is 22.6 Å². The number of para-hydroxylation sites is 1. The van der Waals surface area contributed by atoms with Crippen molar-refractivity contribution in [2.75, 3.05) is 13.1 Å². The molecule has 3 aromatic rings. The Hall–Kier alpha value is -2.71. The zero-order chi connectivity index (χ0) is 23.5. The highest BCUT2D eigenvalue weighted by Gasteiger charge is 2.41. The third-order valence-corrected chi connectivity index (χ3v) is 5.35. The molecule has 32 heavy (non-hydrogen) atoms. The van der Waals surface area contributed by atoms with Crippen molar-refractivity contribution in [2.24, 2.45) is 0 Å². The Kier molecular flexibility index (Phi) is 7.36.